The summed E-state index contributed by atoms with van der Waals surface area (Å²) < 4.78 is 0. The molecule has 8 heteroatoms. The molecule has 0 saturated carbocycles. The van der Waals surface area contributed by atoms with Crippen LogP contribution >= 0.6 is 24.2 Å². The van der Waals surface area contributed by atoms with Crippen molar-refractivity contribution in [3.63, 3.8) is 0 Å². The molecule has 132 valence electrons. The van der Waals surface area contributed by atoms with Gasteiger partial charge in [-0.2, -0.15) is 0 Å². The Bertz CT molecular complexity index is 602. The minimum absolute atomic E-state index is 0. The van der Waals surface area contributed by atoms with Gasteiger partial charge in [0, 0.05) is 30.4 Å². The topological polar surface area (TPSA) is 87.5 Å². The molecule has 1 aromatic carbocycles. The number of halogens is 1. The van der Waals surface area contributed by atoms with Crippen molar-refractivity contribution in [3.8, 4) is 0 Å². The highest BCUT2D eigenvalue weighted by atomic mass is 35.5. The van der Waals surface area contributed by atoms with Gasteiger partial charge in [0.05, 0.1) is 17.3 Å². The Labute approximate surface area is 152 Å². The number of hydrogen-bond acceptors (Lipinski definition) is 5. The van der Waals surface area contributed by atoms with Gasteiger partial charge in [-0.1, -0.05) is 0 Å². The van der Waals surface area contributed by atoms with Gasteiger partial charge in [-0.15, -0.1) is 24.2 Å². The molecule has 0 aromatic heterocycles. The summed E-state index contributed by atoms with van der Waals surface area (Å²) in [5, 5.41) is 6.09. The summed E-state index contributed by atoms with van der Waals surface area (Å²) in [6, 6.07) is 5.16. The number of anilines is 2. The SMILES string of the molecule is Cl.NC(=O)c1ccc(NC(=O)C2CSCN2)cc1N1CCCCC1. The van der Waals surface area contributed by atoms with Gasteiger partial charge in [-0.3, -0.25) is 14.9 Å². The molecule has 2 aliphatic rings. The summed E-state index contributed by atoms with van der Waals surface area (Å²) >= 11 is 1.71. The third kappa shape index (κ3) is 4.34. The lowest BCUT2D eigenvalue weighted by molar-refractivity contribution is -0.117. The first-order chi connectivity index (χ1) is 11.1. The largest absolute Gasteiger partial charge is 0.371 e. The van der Waals surface area contributed by atoms with Gasteiger partial charge < -0.3 is 16.0 Å². The van der Waals surface area contributed by atoms with Crippen LogP contribution in [0.5, 0.6) is 0 Å². The number of rotatable bonds is 4. The zero-order chi connectivity index (χ0) is 16.2. The molecule has 0 spiro atoms. The van der Waals surface area contributed by atoms with E-state index >= 15 is 0 Å². The summed E-state index contributed by atoms with van der Waals surface area (Å²) in [5.41, 5.74) is 7.55. The first-order valence-corrected chi connectivity index (χ1v) is 9.11. The van der Waals surface area contributed by atoms with Crippen molar-refractivity contribution in [2.45, 2.75) is 25.3 Å². The van der Waals surface area contributed by atoms with E-state index in [0.717, 1.165) is 43.2 Å². The van der Waals surface area contributed by atoms with Gasteiger partial charge in [0.15, 0.2) is 0 Å². The Morgan fingerprint density at radius 2 is 2.00 bits per heavy atom. The molecule has 4 N–H and O–H groups in total. The first kappa shape index (κ1) is 18.9. The zero-order valence-electron chi connectivity index (χ0n) is 13.4. The molecule has 0 bridgehead atoms. The maximum absolute atomic E-state index is 12.2. The van der Waals surface area contributed by atoms with Crippen molar-refractivity contribution >= 4 is 47.4 Å². The molecule has 1 unspecified atom stereocenters. The number of thioether (sulfide) groups is 1. The summed E-state index contributed by atoms with van der Waals surface area (Å²) in [4.78, 5) is 26.1. The van der Waals surface area contributed by atoms with Gasteiger partial charge in [0.25, 0.3) is 5.91 Å². The van der Waals surface area contributed by atoms with E-state index in [0.29, 0.717) is 11.3 Å². The number of amides is 2. The molecule has 2 fully saturated rings. The highest BCUT2D eigenvalue weighted by Crippen LogP contribution is 2.27. The molecule has 6 nitrogen and oxygen atoms in total. The Balaban J connectivity index is 0.00000208. The molecule has 24 heavy (non-hydrogen) atoms. The van der Waals surface area contributed by atoms with Crippen LogP contribution in [0.15, 0.2) is 18.2 Å². The molecule has 2 heterocycles. The zero-order valence-corrected chi connectivity index (χ0v) is 15.0. The lowest BCUT2D eigenvalue weighted by atomic mass is 10.1. The minimum Gasteiger partial charge on any atom is -0.371 e. The number of hydrogen-bond donors (Lipinski definition) is 3. The number of piperidine rings is 1. The second kappa shape index (κ2) is 8.60. The second-order valence-electron chi connectivity index (χ2n) is 5.90. The number of nitrogens with one attached hydrogen (secondary N) is 2. The predicted octanol–water partition coefficient (Wildman–Crippen LogP) is 1.80. The molecular formula is C16H23ClN4O2S. The summed E-state index contributed by atoms with van der Waals surface area (Å²) in [6.45, 7) is 1.83. The number of benzene rings is 1. The smallest absolute Gasteiger partial charge is 0.250 e. The third-order valence-corrected chi connectivity index (χ3v) is 5.20. The van der Waals surface area contributed by atoms with Crippen molar-refractivity contribution in [2.24, 2.45) is 5.73 Å². The number of primary amides is 1. The molecule has 3 rings (SSSR count). The number of nitrogens with two attached hydrogens (primary N) is 1. The lowest BCUT2D eigenvalue weighted by Crippen LogP contribution is -2.37. The van der Waals surface area contributed by atoms with Crippen LogP contribution < -0.4 is 21.3 Å². The van der Waals surface area contributed by atoms with Gasteiger partial charge in [0.1, 0.15) is 0 Å². The lowest BCUT2D eigenvalue weighted by Gasteiger charge is -2.30. The highest BCUT2D eigenvalue weighted by molar-refractivity contribution is 7.99. The average Bonchev–Trinajstić information content (AvgIpc) is 3.10. The minimum atomic E-state index is -0.433. The maximum Gasteiger partial charge on any atom is 0.250 e. The van der Waals surface area contributed by atoms with Crippen LogP contribution in [0.4, 0.5) is 11.4 Å². The first-order valence-electron chi connectivity index (χ1n) is 7.96. The van der Waals surface area contributed by atoms with Crippen LogP contribution in [0, 0.1) is 0 Å². The summed E-state index contributed by atoms with van der Waals surface area (Å²) in [5.74, 6) is 1.12. The van der Waals surface area contributed by atoms with Gasteiger partial charge in [0.2, 0.25) is 5.91 Å². The Hall–Kier alpha value is -1.44. The van der Waals surface area contributed by atoms with Crippen molar-refractivity contribution < 1.29 is 9.59 Å². The van der Waals surface area contributed by atoms with E-state index in [9.17, 15) is 9.59 Å². The van der Waals surface area contributed by atoms with E-state index < -0.39 is 5.91 Å². The van der Waals surface area contributed by atoms with Crippen LogP contribution in [-0.4, -0.2) is 42.6 Å². The number of carbonyl (C=O) groups is 2. The van der Waals surface area contributed by atoms with Crippen LogP contribution in [0.1, 0.15) is 29.6 Å². The summed E-state index contributed by atoms with van der Waals surface area (Å²) in [6.07, 6.45) is 3.43. The van der Waals surface area contributed by atoms with E-state index in [1.54, 1.807) is 23.9 Å². The molecule has 2 amide bonds. The molecule has 0 radical (unpaired) electrons. The van der Waals surface area contributed by atoms with E-state index in [-0.39, 0.29) is 24.4 Å². The molecule has 2 saturated heterocycles. The fraction of sp³-hybridized carbons (Fsp3) is 0.500. The van der Waals surface area contributed by atoms with Crippen LogP contribution in [0.3, 0.4) is 0 Å². The Morgan fingerprint density at radius 1 is 1.25 bits per heavy atom. The van der Waals surface area contributed by atoms with E-state index in [2.05, 4.69) is 15.5 Å². The van der Waals surface area contributed by atoms with E-state index in [1.807, 2.05) is 6.07 Å². The van der Waals surface area contributed by atoms with E-state index in [4.69, 9.17) is 5.73 Å². The van der Waals surface area contributed by atoms with Crippen molar-refractivity contribution in [1.82, 2.24) is 5.32 Å². The van der Waals surface area contributed by atoms with Gasteiger partial charge in [-0.05, 0) is 37.5 Å². The third-order valence-electron chi connectivity index (χ3n) is 4.26. The van der Waals surface area contributed by atoms with Crippen LogP contribution in [0.25, 0.3) is 0 Å². The van der Waals surface area contributed by atoms with Gasteiger partial charge in [-0.25, -0.2) is 0 Å². The monoisotopic (exact) mass is 370 g/mol. The number of nitrogens with zero attached hydrogens (tertiary/aromatic N) is 1. The van der Waals surface area contributed by atoms with Crippen molar-refractivity contribution in [2.75, 3.05) is 34.9 Å². The highest BCUT2D eigenvalue weighted by Gasteiger charge is 2.23. The molecular weight excluding hydrogens is 348 g/mol. The molecule has 1 aromatic rings. The van der Waals surface area contributed by atoms with Gasteiger partial charge >= 0.3 is 0 Å². The molecule has 0 aliphatic carbocycles. The van der Waals surface area contributed by atoms with E-state index in [1.165, 1.54) is 6.42 Å². The Morgan fingerprint density at radius 3 is 2.62 bits per heavy atom. The van der Waals surface area contributed by atoms with Crippen LogP contribution in [0.2, 0.25) is 0 Å². The fourth-order valence-corrected chi connectivity index (χ4v) is 3.95. The summed E-state index contributed by atoms with van der Waals surface area (Å²) in [7, 11) is 0. The van der Waals surface area contributed by atoms with Crippen LogP contribution in [-0.2, 0) is 4.79 Å². The number of carbonyl (C=O) groups excluding carboxylic acids is 2. The van der Waals surface area contributed by atoms with Crippen molar-refractivity contribution in [1.29, 1.82) is 0 Å². The average molecular weight is 371 g/mol. The molecule has 2 aliphatic heterocycles. The predicted molar refractivity (Wildman–Crippen MR) is 101 cm³/mol. The van der Waals surface area contributed by atoms with Crippen molar-refractivity contribution in [3.05, 3.63) is 23.8 Å². The Kier molecular flexibility index (Phi) is 6.77. The maximum atomic E-state index is 12.2. The fourth-order valence-electron chi connectivity index (χ4n) is 3.01. The standard InChI is InChI=1S/C16H22N4O2S.ClH/c17-15(21)12-5-4-11(19-16(22)13-9-23-10-18-13)8-14(12)20-6-2-1-3-7-20;/h4-5,8,13,18H,1-3,6-7,9-10H2,(H2,17,21)(H,19,22);1H. The quantitative estimate of drug-likeness (QED) is 0.752. The normalized spacial score (nSPS) is 20.3. The molecule has 1 atom stereocenters. The second-order valence-corrected chi connectivity index (χ2v) is 6.94.